The maximum Gasteiger partial charge on any atom is 0.237 e. The molecule has 0 radical (unpaired) electrons. The van der Waals surface area contributed by atoms with Crippen molar-refractivity contribution in [2.45, 2.75) is 32.4 Å². The predicted molar refractivity (Wildman–Crippen MR) is 71.6 cm³/mol. The van der Waals surface area contributed by atoms with E-state index in [9.17, 15) is 4.79 Å². The van der Waals surface area contributed by atoms with E-state index in [1.165, 1.54) is 0 Å². The largest absolute Gasteiger partial charge is 0.351 e. The Hall–Kier alpha value is 0.130. The van der Waals surface area contributed by atoms with Crippen LogP contribution in [0, 0.1) is 0 Å². The molecule has 1 amide bonds. The van der Waals surface area contributed by atoms with Crippen molar-refractivity contribution in [1.82, 2.24) is 5.32 Å². The normalized spacial score (nSPS) is 14.7. The van der Waals surface area contributed by atoms with Crippen molar-refractivity contribution >= 4 is 29.4 Å². The molecule has 0 saturated heterocycles. The monoisotopic (exact) mass is 250 g/mol. The third-order valence-electron chi connectivity index (χ3n) is 1.93. The van der Waals surface area contributed by atoms with Crippen LogP contribution in [0.2, 0.25) is 0 Å². The summed E-state index contributed by atoms with van der Waals surface area (Å²) in [6.45, 7) is 4.13. The molecule has 1 unspecified atom stereocenters. The van der Waals surface area contributed by atoms with E-state index in [0.29, 0.717) is 0 Å². The zero-order chi connectivity index (χ0) is 11.7. The van der Waals surface area contributed by atoms with Crippen LogP contribution < -0.4 is 11.1 Å². The Labute approximate surface area is 101 Å². The summed E-state index contributed by atoms with van der Waals surface area (Å²) in [5, 5.41) is 2.93. The second-order valence-electron chi connectivity index (χ2n) is 3.46. The Morgan fingerprint density at radius 1 is 1.53 bits per heavy atom. The maximum absolute atomic E-state index is 11.6. The van der Waals surface area contributed by atoms with Gasteiger partial charge in [-0.1, -0.05) is 6.92 Å². The predicted octanol–water partition coefficient (Wildman–Crippen LogP) is 1.32. The van der Waals surface area contributed by atoms with Gasteiger partial charge in [0.05, 0.1) is 6.04 Å². The van der Waals surface area contributed by atoms with Crippen molar-refractivity contribution in [3.05, 3.63) is 0 Å². The Morgan fingerprint density at radius 2 is 2.20 bits per heavy atom. The van der Waals surface area contributed by atoms with E-state index >= 15 is 0 Å². The Kier molecular flexibility index (Phi) is 9.44. The van der Waals surface area contributed by atoms with Crippen LogP contribution in [0.25, 0.3) is 0 Å². The summed E-state index contributed by atoms with van der Waals surface area (Å²) in [7, 11) is 0. The topological polar surface area (TPSA) is 55.1 Å². The number of hydrogen-bond donors (Lipinski definition) is 2. The van der Waals surface area contributed by atoms with Crippen molar-refractivity contribution in [3.63, 3.8) is 0 Å². The lowest BCUT2D eigenvalue weighted by atomic mass is 10.2. The van der Waals surface area contributed by atoms with Gasteiger partial charge in [-0.3, -0.25) is 4.79 Å². The zero-order valence-corrected chi connectivity index (χ0v) is 11.4. The third kappa shape index (κ3) is 7.99. The van der Waals surface area contributed by atoms with Gasteiger partial charge < -0.3 is 11.1 Å². The summed E-state index contributed by atoms with van der Waals surface area (Å²) in [4.78, 5) is 11.6. The van der Waals surface area contributed by atoms with Gasteiger partial charge in [0.1, 0.15) is 0 Å². The zero-order valence-electron chi connectivity index (χ0n) is 9.79. The molecule has 0 heterocycles. The molecule has 0 aliphatic rings. The highest BCUT2D eigenvalue weighted by Gasteiger charge is 2.14. The molecule has 2 atom stereocenters. The quantitative estimate of drug-likeness (QED) is 0.682. The van der Waals surface area contributed by atoms with Crippen LogP contribution in [0.15, 0.2) is 0 Å². The molecular weight excluding hydrogens is 228 g/mol. The molecule has 3 nitrogen and oxygen atoms in total. The minimum Gasteiger partial charge on any atom is -0.351 e. The molecule has 0 aliphatic carbocycles. The fourth-order valence-electron chi connectivity index (χ4n) is 1.06. The van der Waals surface area contributed by atoms with Crippen LogP contribution in [0.1, 0.15) is 20.3 Å². The average molecular weight is 250 g/mol. The van der Waals surface area contributed by atoms with Crippen LogP contribution in [0.4, 0.5) is 0 Å². The lowest BCUT2D eigenvalue weighted by Crippen LogP contribution is -2.45. The van der Waals surface area contributed by atoms with Crippen molar-refractivity contribution in [2.24, 2.45) is 5.73 Å². The molecule has 90 valence electrons. The molecule has 0 aromatic rings. The molecule has 0 aromatic carbocycles. The number of amides is 1. The summed E-state index contributed by atoms with van der Waals surface area (Å²) >= 11 is 3.54. The van der Waals surface area contributed by atoms with E-state index in [0.717, 1.165) is 23.7 Å². The van der Waals surface area contributed by atoms with Gasteiger partial charge in [0.25, 0.3) is 0 Å². The number of nitrogens with two attached hydrogens (primary N) is 1. The van der Waals surface area contributed by atoms with Gasteiger partial charge in [-0.2, -0.15) is 23.5 Å². The molecule has 0 fully saturated rings. The van der Waals surface area contributed by atoms with Gasteiger partial charge in [-0.15, -0.1) is 0 Å². The number of hydrogen-bond acceptors (Lipinski definition) is 4. The van der Waals surface area contributed by atoms with Gasteiger partial charge >= 0.3 is 0 Å². The molecule has 0 aromatic heterocycles. The minimum absolute atomic E-state index is 0.0201. The van der Waals surface area contributed by atoms with Crippen molar-refractivity contribution in [1.29, 1.82) is 0 Å². The summed E-state index contributed by atoms with van der Waals surface area (Å²) < 4.78 is 0. The first-order valence-electron chi connectivity index (χ1n) is 5.24. The first-order valence-corrected chi connectivity index (χ1v) is 7.79. The van der Waals surface area contributed by atoms with Crippen LogP contribution in [0.3, 0.4) is 0 Å². The second-order valence-corrected chi connectivity index (χ2v) is 5.76. The number of nitrogens with one attached hydrogen (secondary N) is 1. The summed E-state index contributed by atoms with van der Waals surface area (Å²) in [5.74, 6) is 2.95. The highest BCUT2D eigenvalue weighted by atomic mass is 32.2. The minimum atomic E-state index is -0.355. The van der Waals surface area contributed by atoms with E-state index in [2.05, 4.69) is 12.2 Å². The Morgan fingerprint density at radius 3 is 2.73 bits per heavy atom. The fourth-order valence-corrected chi connectivity index (χ4v) is 2.22. The molecule has 0 aliphatic heterocycles. The number of thioether (sulfide) groups is 2. The molecule has 0 saturated carbocycles. The van der Waals surface area contributed by atoms with Gasteiger partial charge in [0.15, 0.2) is 0 Å². The van der Waals surface area contributed by atoms with Crippen LogP contribution in [-0.4, -0.2) is 41.5 Å². The standard InChI is InChI=1S/C10H22N2OS2/c1-4-15-7-8(2)12-10(13)9(11)5-6-14-3/h8-9H,4-7,11H2,1-3H3,(H,12,13)/t8?,9-/m1/s1. The molecular formula is C10H22N2OS2. The number of carbonyl (C=O) groups excluding carboxylic acids is 1. The third-order valence-corrected chi connectivity index (χ3v) is 3.72. The van der Waals surface area contributed by atoms with Crippen LogP contribution in [0.5, 0.6) is 0 Å². The molecule has 0 spiro atoms. The Bertz CT molecular complexity index is 179. The van der Waals surface area contributed by atoms with E-state index in [1.54, 1.807) is 11.8 Å². The molecule has 15 heavy (non-hydrogen) atoms. The molecule has 5 heteroatoms. The molecule has 3 N–H and O–H groups in total. The average Bonchev–Trinajstić information content (AvgIpc) is 2.22. The maximum atomic E-state index is 11.6. The van der Waals surface area contributed by atoms with Crippen LogP contribution in [-0.2, 0) is 4.79 Å². The van der Waals surface area contributed by atoms with E-state index < -0.39 is 0 Å². The number of rotatable bonds is 8. The molecule has 0 rings (SSSR count). The van der Waals surface area contributed by atoms with Gasteiger partial charge in [-0.05, 0) is 31.1 Å². The van der Waals surface area contributed by atoms with Gasteiger partial charge in [-0.25, -0.2) is 0 Å². The Balaban J connectivity index is 3.70. The van der Waals surface area contributed by atoms with Crippen LogP contribution >= 0.6 is 23.5 Å². The van der Waals surface area contributed by atoms with E-state index in [4.69, 9.17) is 5.73 Å². The summed E-state index contributed by atoms with van der Waals surface area (Å²) in [6.07, 6.45) is 2.77. The second kappa shape index (κ2) is 9.36. The van der Waals surface area contributed by atoms with E-state index in [1.807, 2.05) is 24.9 Å². The summed E-state index contributed by atoms with van der Waals surface area (Å²) in [6, 6.07) is -0.144. The first kappa shape index (κ1) is 15.1. The smallest absolute Gasteiger partial charge is 0.237 e. The highest BCUT2D eigenvalue weighted by Crippen LogP contribution is 2.03. The van der Waals surface area contributed by atoms with Gasteiger partial charge in [0, 0.05) is 11.8 Å². The van der Waals surface area contributed by atoms with Gasteiger partial charge in [0.2, 0.25) is 5.91 Å². The number of carbonyl (C=O) groups is 1. The van der Waals surface area contributed by atoms with Crippen molar-refractivity contribution < 1.29 is 4.79 Å². The van der Waals surface area contributed by atoms with E-state index in [-0.39, 0.29) is 18.0 Å². The first-order chi connectivity index (χ1) is 7.11. The fraction of sp³-hybridized carbons (Fsp3) is 0.900. The van der Waals surface area contributed by atoms with Crippen molar-refractivity contribution in [2.75, 3.05) is 23.5 Å². The highest BCUT2D eigenvalue weighted by molar-refractivity contribution is 7.99. The lowest BCUT2D eigenvalue weighted by molar-refractivity contribution is -0.122. The SMILES string of the molecule is CCSCC(C)NC(=O)[C@H](N)CCSC. The molecule has 0 bridgehead atoms. The van der Waals surface area contributed by atoms with Crippen molar-refractivity contribution in [3.8, 4) is 0 Å². The lowest BCUT2D eigenvalue weighted by Gasteiger charge is -2.16. The summed E-state index contributed by atoms with van der Waals surface area (Å²) in [5.41, 5.74) is 5.75.